The van der Waals surface area contributed by atoms with Crippen LogP contribution in [0.15, 0.2) is 60.7 Å². The number of benzene rings is 2. The summed E-state index contributed by atoms with van der Waals surface area (Å²) in [5.41, 5.74) is 2.27. The second-order valence-electron chi connectivity index (χ2n) is 6.04. The number of hydrogen-bond donors (Lipinski definition) is 1. The highest BCUT2D eigenvalue weighted by atomic mass is 16.4. The first kappa shape index (κ1) is 17.2. The van der Waals surface area contributed by atoms with Crippen molar-refractivity contribution in [1.82, 2.24) is 4.90 Å². The van der Waals surface area contributed by atoms with Crippen LogP contribution in [0.25, 0.3) is 0 Å². The number of carbonyl (C=O) groups is 1. The molecule has 122 valence electrons. The Balaban J connectivity index is 2.27. The van der Waals surface area contributed by atoms with Crippen molar-refractivity contribution >= 4 is 5.97 Å². The summed E-state index contributed by atoms with van der Waals surface area (Å²) < 4.78 is 0. The predicted octanol–water partition coefficient (Wildman–Crippen LogP) is 4.19. The molecule has 0 bridgehead atoms. The van der Waals surface area contributed by atoms with Crippen molar-refractivity contribution in [2.24, 2.45) is 5.92 Å². The van der Waals surface area contributed by atoms with Gasteiger partial charge in [-0.2, -0.15) is 0 Å². The Morgan fingerprint density at radius 2 is 1.39 bits per heavy atom. The average molecular weight is 311 g/mol. The largest absolute Gasteiger partial charge is 0.480 e. The zero-order valence-electron chi connectivity index (χ0n) is 13.9. The van der Waals surface area contributed by atoms with Crippen LogP contribution in [0.2, 0.25) is 0 Å². The first-order valence-corrected chi connectivity index (χ1v) is 8.16. The van der Waals surface area contributed by atoms with E-state index in [1.165, 1.54) is 0 Å². The van der Waals surface area contributed by atoms with Gasteiger partial charge in [0.1, 0.15) is 6.04 Å². The summed E-state index contributed by atoms with van der Waals surface area (Å²) in [6, 6.07) is 19.7. The number of carboxylic acids is 1. The molecule has 0 unspecified atom stereocenters. The van der Waals surface area contributed by atoms with Crippen molar-refractivity contribution in [1.29, 1.82) is 0 Å². The summed E-state index contributed by atoms with van der Waals surface area (Å²) >= 11 is 0. The van der Waals surface area contributed by atoms with Gasteiger partial charge in [0.05, 0.1) is 0 Å². The topological polar surface area (TPSA) is 40.5 Å². The van der Waals surface area contributed by atoms with Gasteiger partial charge in [-0.15, -0.1) is 0 Å². The fourth-order valence-corrected chi connectivity index (χ4v) is 2.87. The van der Waals surface area contributed by atoms with Gasteiger partial charge in [-0.1, -0.05) is 80.9 Å². The maximum Gasteiger partial charge on any atom is 0.321 e. The standard InChI is InChI=1S/C20H25NO2/c1-3-16(2)19(20(22)23)21(14-17-10-6-4-7-11-17)15-18-12-8-5-9-13-18/h4-13,16,19H,3,14-15H2,1-2H3,(H,22,23)/t16-,19+/m0/s1. The van der Waals surface area contributed by atoms with E-state index in [-0.39, 0.29) is 5.92 Å². The molecular formula is C20H25NO2. The molecule has 2 atom stereocenters. The highest BCUT2D eigenvalue weighted by Gasteiger charge is 2.30. The molecule has 0 aliphatic rings. The van der Waals surface area contributed by atoms with E-state index in [1.54, 1.807) is 0 Å². The van der Waals surface area contributed by atoms with Crippen LogP contribution in [-0.4, -0.2) is 22.0 Å². The summed E-state index contributed by atoms with van der Waals surface area (Å²) in [6.45, 7) is 5.33. The molecule has 1 N–H and O–H groups in total. The zero-order valence-corrected chi connectivity index (χ0v) is 13.9. The van der Waals surface area contributed by atoms with Crippen molar-refractivity contribution in [3.05, 3.63) is 71.8 Å². The number of aliphatic carboxylic acids is 1. The fourth-order valence-electron chi connectivity index (χ4n) is 2.87. The molecule has 0 radical (unpaired) electrons. The van der Waals surface area contributed by atoms with Crippen LogP contribution >= 0.6 is 0 Å². The van der Waals surface area contributed by atoms with Gasteiger partial charge in [0.2, 0.25) is 0 Å². The summed E-state index contributed by atoms with van der Waals surface area (Å²) in [5, 5.41) is 9.76. The second-order valence-corrected chi connectivity index (χ2v) is 6.04. The lowest BCUT2D eigenvalue weighted by Crippen LogP contribution is -2.44. The van der Waals surface area contributed by atoms with E-state index in [0.29, 0.717) is 13.1 Å². The fraction of sp³-hybridized carbons (Fsp3) is 0.350. The maximum absolute atomic E-state index is 11.9. The first-order valence-electron chi connectivity index (χ1n) is 8.16. The van der Waals surface area contributed by atoms with E-state index in [2.05, 4.69) is 4.90 Å². The third-order valence-electron chi connectivity index (χ3n) is 4.29. The molecule has 0 amide bonds. The zero-order chi connectivity index (χ0) is 16.7. The third-order valence-corrected chi connectivity index (χ3v) is 4.29. The Morgan fingerprint density at radius 3 is 1.74 bits per heavy atom. The van der Waals surface area contributed by atoms with Crippen molar-refractivity contribution < 1.29 is 9.90 Å². The molecule has 2 aromatic rings. The second kappa shape index (κ2) is 8.49. The van der Waals surface area contributed by atoms with Gasteiger partial charge in [-0.25, -0.2) is 0 Å². The Labute approximate surface area is 138 Å². The smallest absolute Gasteiger partial charge is 0.321 e. The quantitative estimate of drug-likeness (QED) is 0.794. The summed E-state index contributed by atoms with van der Waals surface area (Å²) in [4.78, 5) is 14.0. The van der Waals surface area contributed by atoms with E-state index in [0.717, 1.165) is 17.5 Å². The van der Waals surface area contributed by atoms with E-state index >= 15 is 0 Å². The normalized spacial score (nSPS) is 13.7. The van der Waals surface area contributed by atoms with Gasteiger partial charge in [-0.05, 0) is 17.0 Å². The molecule has 2 aromatic carbocycles. The van der Waals surface area contributed by atoms with E-state index in [4.69, 9.17) is 0 Å². The number of rotatable bonds is 8. The highest BCUT2D eigenvalue weighted by molar-refractivity contribution is 5.73. The van der Waals surface area contributed by atoms with Crippen molar-refractivity contribution in [2.75, 3.05) is 0 Å². The van der Waals surface area contributed by atoms with Crippen LogP contribution in [-0.2, 0) is 17.9 Å². The van der Waals surface area contributed by atoms with E-state index < -0.39 is 12.0 Å². The molecule has 23 heavy (non-hydrogen) atoms. The molecule has 0 saturated heterocycles. The van der Waals surface area contributed by atoms with Gasteiger partial charge in [0.15, 0.2) is 0 Å². The Kier molecular flexibility index (Phi) is 6.36. The van der Waals surface area contributed by atoms with E-state index in [1.807, 2.05) is 74.5 Å². The molecule has 0 heterocycles. The molecule has 0 aromatic heterocycles. The molecule has 0 aliphatic heterocycles. The lowest BCUT2D eigenvalue weighted by Gasteiger charge is -2.32. The van der Waals surface area contributed by atoms with Gasteiger partial charge < -0.3 is 5.11 Å². The summed E-state index contributed by atoms with van der Waals surface area (Å²) in [7, 11) is 0. The van der Waals surface area contributed by atoms with Gasteiger partial charge >= 0.3 is 5.97 Å². The Hall–Kier alpha value is -2.13. The summed E-state index contributed by atoms with van der Waals surface area (Å²) in [6.07, 6.45) is 0.844. The van der Waals surface area contributed by atoms with Crippen LogP contribution < -0.4 is 0 Å². The lowest BCUT2D eigenvalue weighted by molar-refractivity contribution is -0.146. The third kappa shape index (κ3) is 4.93. The Bertz CT molecular complexity index is 556. The lowest BCUT2D eigenvalue weighted by atomic mass is 9.96. The van der Waals surface area contributed by atoms with Crippen LogP contribution in [0.4, 0.5) is 0 Å². The molecule has 0 spiro atoms. The van der Waals surface area contributed by atoms with Gasteiger partial charge in [0.25, 0.3) is 0 Å². The molecule has 0 aliphatic carbocycles. The minimum Gasteiger partial charge on any atom is -0.480 e. The predicted molar refractivity (Wildman–Crippen MR) is 93.0 cm³/mol. The van der Waals surface area contributed by atoms with Crippen LogP contribution in [0, 0.1) is 5.92 Å². The molecular weight excluding hydrogens is 286 g/mol. The average Bonchev–Trinajstić information content (AvgIpc) is 2.56. The van der Waals surface area contributed by atoms with Crippen LogP contribution in [0.1, 0.15) is 31.4 Å². The molecule has 3 nitrogen and oxygen atoms in total. The van der Waals surface area contributed by atoms with Crippen LogP contribution in [0.3, 0.4) is 0 Å². The van der Waals surface area contributed by atoms with Gasteiger partial charge in [-0.3, -0.25) is 9.69 Å². The summed E-state index contributed by atoms with van der Waals surface area (Å²) in [5.74, 6) is -0.647. The number of hydrogen-bond acceptors (Lipinski definition) is 2. The molecule has 2 rings (SSSR count). The SMILES string of the molecule is CC[C@H](C)[C@H](C(=O)O)N(Cc1ccccc1)Cc1ccccc1. The molecule has 3 heteroatoms. The van der Waals surface area contributed by atoms with Gasteiger partial charge in [0, 0.05) is 13.1 Å². The first-order chi connectivity index (χ1) is 11.1. The highest BCUT2D eigenvalue weighted by Crippen LogP contribution is 2.21. The minimum atomic E-state index is -0.744. The molecule has 0 saturated carbocycles. The van der Waals surface area contributed by atoms with Crippen molar-refractivity contribution in [3.8, 4) is 0 Å². The van der Waals surface area contributed by atoms with Crippen LogP contribution in [0.5, 0.6) is 0 Å². The van der Waals surface area contributed by atoms with E-state index in [9.17, 15) is 9.90 Å². The minimum absolute atomic E-state index is 0.0972. The van der Waals surface area contributed by atoms with Crippen molar-refractivity contribution in [3.63, 3.8) is 0 Å². The monoisotopic (exact) mass is 311 g/mol. The maximum atomic E-state index is 11.9. The number of carboxylic acid groups (broad SMARTS) is 1. The molecule has 0 fully saturated rings. The number of nitrogens with zero attached hydrogens (tertiary/aromatic N) is 1. The van der Waals surface area contributed by atoms with Crippen molar-refractivity contribution in [2.45, 2.75) is 39.4 Å². The Morgan fingerprint density at radius 1 is 0.957 bits per heavy atom.